The zero-order valence-electron chi connectivity index (χ0n) is 10.3. The smallest absolute Gasteiger partial charge is 0.303 e. The number of hydrogen-bond donors (Lipinski definition) is 2. The van der Waals surface area contributed by atoms with E-state index in [4.69, 9.17) is 9.84 Å². The molecule has 0 spiro atoms. The molecular weight excluding hydrogens is 312 g/mol. The second kappa shape index (κ2) is 5.88. The summed E-state index contributed by atoms with van der Waals surface area (Å²) in [4.78, 5) is 10.7. The van der Waals surface area contributed by atoms with Crippen molar-refractivity contribution in [3.63, 3.8) is 0 Å². The molecule has 0 aliphatic rings. The molecule has 2 N–H and O–H groups in total. The van der Waals surface area contributed by atoms with Gasteiger partial charge < -0.3 is 9.84 Å². The Hall–Kier alpha value is -1.82. The topological polar surface area (TPSA) is 75.2 Å². The van der Waals surface area contributed by atoms with Crippen LogP contribution in [0.2, 0.25) is 0 Å². The maximum absolute atomic E-state index is 10.7. The van der Waals surface area contributed by atoms with Gasteiger partial charge in [0.2, 0.25) is 0 Å². The van der Waals surface area contributed by atoms with Gasteiger partial charge in [0.15, 0.2) is 0 Å². The van der Waals surface area contributed by atoms with Crippen LogP contribution in [0.15, 0.2) is 28.9 Å². The van der Waals surface area contributed by atoms with Crippen molar-refractivity contribution in [2.75, 3.05) is 7.11 Å². The third-order valence-corrected chi connectivity index (χ3v) is 3.25. The van der Waals surface area contributed by atoms with Crippen molar-refractivity contribution < 1.29 is 14.6 Å². The van der Waals surface area contributed by atoms with Crippen LogP contribution in [0.25, 0.3) is 11.3 Å². The second-order valence-corrected chi connectivity index (χ2v) is 4.92. The summed E-state index contributed by atoms with van der Waals surface area (Å²) in [6.07, 6.45) is 2.15. The first-order chi connectivity index (χ1) is 9.11. The zero-order valence-corrected chi connectivity index (χ0v) is 11.9. The Morgan fingerprint density at radius 1 is 1.53 bits per heavy atom. The van der Waals surface area contributed by atoms with E-state index in [1.165, 1.54) is 0 Å². The summed E-state index contributed by atoms with van der Waals surface area (Å²) < 4.78 is 6.24. The molecular formula is C13H13BrN2O3. The van der Waals surface area contributed by atoms with Crippen LogP contribution in [0.5, 0.6) is 5.75 Å². The van der Waals surface area contributed by atoms with Gasteiger partial charge in [-0.2, -0.15) is 5.10 Å². The van der Waals surface area contributed by atoms with E-state index in [1.807, 2.05) is 18.2 Å². The van der Waals surface area contributed by atoms with Gasteiger partial charge in [-0.1, -0.05) is 15.9 Å². The minimum Gasteiger partial charge on any atom is -0.496 e. The first-order valence-electron chi connectivity index (χ1n) is 5.69. The lowest BCUT2D eigenvalue weighted by Gasteiger charge is -2.09. The number of aromatic nitrogens is 2. The average Bonchev–Trinajstić information content (AvgIpc) is 2.84. The van der Waals surface area contributed by atoms with Gasteiger partial charge in [0.25, 0.3) is 0 Å². The first-order valence-corrected chi connectivity index (χ1v) is 6.49. The molecule has 2 aromatic rings. The van der Waals surface area contributed by atoms with Gasteiger partial charge in [-0.15, -0.1) is 0 Å². The molecule has 19 heavy (non-hydrogen) atoms. The number of halogens is 1. The molecule has 0 atom stereocenters. The van der Waals surface area contributed by atoms with Gasteiger partial charge in [0.1, 0.15) is 5.75 Å². The summed E-state index contributed by atoms with van der Waals surface area (Å²) in [5, 5.41) is 15.7. The zero-order chi connectivity index (χ0) is 13.8. The van der Waals surface area contributed by atoms with E-state index in [9.17, 15) is 4.79 Å². The number of ether oxygens (including phenoxy) is 1. The van der Waals surface area contributed by atoms with E-state index in [-0.39, 0.29) is 6.42 Å². The molecule has 0 aliphatic heterocycles. The summed E-state index contributed by atoms with van der Waals surface area (Å²) in [5.41, 5.74) is 2.51. The predicted octanol–water partition coefficient (Wildman–Crippen LogP) is 2.87. The molecule has 0 fully saturated rings. The number of nitrogens with one attached hydrogen (secondary N) is 1. The molecule has 0 amide bonds. The molecule has 0 saturated carbocycles. The highest BCUT2D eigenvalue weighted by molar-refractivity contribution is 9.10. The molecule has 0 unspecified atom stereocenters. The van der Waals surface area contributed by atoms with Crippen LogP contribution in [-0.4, -0.2) is 28.4 Å². The van der Waals surface area contributed by atoms with E-state index in [0.717, 1.165) is 21.3 Å². The Morgan fingerprint density at radius 2 is 2.32 bits per heavy atom. The van der Waals surface area contributed by atoms with Crippen LogP contribution in [0, 0.1) is 0 Å². The van der Waals surface area contributed by atoms with Crippen molar-refractivity contribution in [2.45, 2.75) is 12.8 Å². The van der Waals surface area contributed by atoms with Crippen LogP contribution in [0.1, 0.15) is 12.0 Å². The number of aryl methyl sites for hydroxylation is 1. The number of rotatable bonds is 5. The Morgan fingerprint density at radius 3 is 3.00 bits per heavy atom. The molecule has 0 saturated heterocycles. The highest BCUT2D eigenvalue weighted by Gasteiger charge is 2.14. The number of benzene rings is 1. The Balaban J connectivity index is 2.39. The lowest BCUT2D eigenvalue weighted by molar-refractivity contribution is -0.136. The lowest BCUT2D eigenvalue weighted by Crippen LogP contribution is -1.98. The predicted molar refractivity (Wildman–Crippen MR) is 74.2 cm³/mol. The lowest BCUT2D eigenvalue weighted by atomic mass is 10.0. The van der Waals surface area contributed by atoms with Crippen LogP contribution < -0.4 is 4.74 Å². The first kappa shape index (κ1) is 13.6. The summed E-state index contributed by atoms with van der Waals surface area (Å²) >= 11 is 3.41. The molecule has 0 radical (unpaired) electrons. The van der Waals surface area contributed by atoms with Crippen molar-refractivity contribution >= 4 is 21.9 Å². The Labute approximate surface area is 118 Å². The van der Waals surface area contributed by atoms with Crippen LogP contribution >= 0.6 is 15.9 Å². The fraction of sp³-hybridized carbons (Fsp3) is 0.231. The molecule has 0 bridgehead atoms. The van der Waals surface area contributed by atoms with Crippen LogP contribution in [-0.2, 0) is 11.2 Å². The van der Waals surface area contributed by atoms with Crippen LogP contribution in [0.3, 0.4) is 0 Å². The van der Waals surface area contributed by atoms with E-state index in [1.54, 1.807) is 13.3 Å². The molecule has 1 heterocycles. The second-order valence-electron chi connectivity index (χ2n) is 4.01. The largest absolute Gasteiger partial charge is 0.496 e. The summed E-state index contributed by atoms with van der Waals surface area (Å²) in [7, 11) is 1.60. The fourth-order valence-electron chi connectivity index (χ4n) is 1.85. The monoisotopic (exact) mass is 324 g/mol. The number of aliphatic carboxylic acids is 1. The Bertz CT molecular complexity index is 595. The fourth-order valence-corrected chi connectivity index (χ4v) is 2.21. The quantitative estimate of drug-likeness (QED) is 0.886. The number of carboxylic acids is 1. The van der Waals surface area contributed by atoms with E-state index < -0.39 is 5.97 Å². The minimum atomic E-state index is -0.826. The maximum atomic E-state index is 10.7. The highest BCUT2D eigenvalue weighted by Crippen LogP contribution is 2.33. The minimum absolute atomic E-state index is 0.0723. The molecule has 2 rings (SSSR count). The van der Waals surface area contributed by atoms with Gasteiger partial charge in [-0.3, -0.25) is 9.89 Å². The average molecular weight is 325 g/mol. The summed E-state index contributed by atoms with van der Waals surface area (Å²) in [6, 6.07) is 5.65. The number of H-pyrrole nitrogens is 1. The third kappa shape index (κ3) is 3.14. The number of aromatic amines is 1. The molecule has 100 valence electrons. The summed E-state index contributed by atoms with van der Waals surface area (Å²) in [5.74, 6) is -0.114. The summed E-state index contributed by atoms with van der Waals surface area (Å²) in [6.45, 7) is 0. The molecule has 1 aromatic carbocycles. The standard InChI is InChI=1S/C13H13BrN2O3/c1-19-11-4-3-9(14)6-10(11)13-8(7-15-16-13)2-5-12(17)18/h3-4,6-7H,2,5H2,1H3,(H,15,16)(H,17,18). The molecule has 6 heteroatoms. The number of nitrogens with zero attached hydrogens (tertiary/aromatic N) is 1. The molecule has 5 nitrogen and oxygen atoms in total. The normalized spacial score (nSPS) is 10.4. The maximum Gasteiger partial charge on any atom is 0.303 e. The van der Waals surface area contributed by atoms with E-state index in [0.29, 0.717) is 12.2 Å². The van der Waals surface area contributed by atoms with Gasteiger partial charge in [0, 0.05) is 16.5 Å². The van der Waals surface area contributed by atoms with Crippen LogP contribution in [0.4, 0.5) is 0 Å². The number of hydrogen-bond acceptors (Lipinski definition) is 3. The number of methoxy groups -OCH3 is 1. The van der Waals surface area contributed by atoms with Crippen molar-refractivity contribution in [2.24, 2.45) is 0 Å². The highest BCUT2D eigenvalue weighted by atomic mass is 79.9. The third-order valence-electron chi connectivity index (χ3n) is 2.76. The molecule has 0 aliphatic carbocycles. The van der Waals surface area contributed by atoms with Crippen molar-refractivity contribution in [3.05, 3.63) is 34.4 Å². The van der Waals surface area contributed by atoms with Gasteiger partial charge in [0.05, 0.1) is 19.0 Å². The van der Waals surface area contributed by atoms with Gasteiger partial charge >= 0.3 is 5.97 Å². The Kier molecular flexibility index (Phi) is 4.21. The van der Waals surface area contributed by atoms with Crippen molar-refractivity contribution in [1.82, 2.24) is 10.2 Å². The van der Waals surface area contributed by atoms with E-state index >= 15 is 0 Å². The van der Waals surface area contributed by atoms with E-state index in [2.05, 4.69) is 26.1 Å². The SMILES string of the molecule is COc1ccc(Br)cc1-c1[nH]ncc1CCC(=O)O. The van der Waals surface area contributed by atoms with Gasteiger partial charge in [-0.05, 0) is 30.2 Å². The van der Waals surface area contributed by atoms with Gasteiger partial charge in [-0.25, -0.2) is 0 Å². The number of carbonyl (C=O) groups is 1. The van der Waals surface area contributed by atoms with Crippen molar-refractivity contribution in [3.8, 4) is 17.0 Å². The number of carboxylic acid groups (broad SMARTS) is 1. The molecule has 1 aromatic heterocycles. The van der Waals surface area contributed by atoms with Crippen molar-refractivity contribution in [1.29, 1.82) is 0 Å².